The second-order valence-electron chi connectivity index (χ2n) is 8.21. The summed E-state index contributed by atoms with van der Waals surface area (Å²) in [5, 5.41) is 0.279. The van der Waals surface area contributed by atoms with Gasteiger partial charge in [0, 0.05) is 18.9 Å². The average Bonchev–Trinajstić information content (AvgIpc) is 2.50. The van der Waals surface area contributed by atoms with Crippen LogP contribution in [0.2, 0.25) is 18.1 Å². The van der Waals surface area contributed by atoms with Crippen LogP contribution in [0.3, 0.4) is 0 Å². The first kappa shape index (κ1) is 14.3. The summed E-state index contributed by atoms with van der Waals surface area (Å²) >= 11 is 0. The highest BCUT2D eigenvalue weighted by molar-refractivity contribution is 6.74. The molecule has 0 amide bonds. The molecule has 0 radical (unpaired) electrons. The number of ketones is 1. The zero-order chi connectivity index (χ0) is 13.8. The largest absolute Gasteiger partial charge is 0.414 e. The predicted octanol–water partition coefficient (Wildman–Crippen LogP) is 4.16. The monoisotopic (exact) mass is 268 g/mol. The van der Waals surface area contributed by atoms with Crippen LogP contribution in [0, 0.1) is 11.3 Å². The minimum Gasteiger partial charge on any atom is -0.414 e. The zero-order valence-corrected chi connectivity index (χ0v) is 13.8. The summed E-state index contributed by atoms with van der Waals surface area (Å²) in [7, 11) is -1.65. The summed E-state index contributed by atoms with van der Waals surface area (Å²) in [6.45, 7) is 13.8. The average molecular weight is 268 g/mol. The van der Waals surface area contributed by atoms with Gasteiger partial charge < -0.3 is 4.43 Å². The third-order valence-electron chi connectivity index (χ3n) is 5.57. The Bertz CT molecular complexity index is 356. The molecule has 104 valence electrons. The summed E-state index contributed by atoms with van der Waals surface area (Å²) in [5.74, 6) is 1.05. The van der Waals surface area contributed by atoms with Crippen molar-refractivity contribution in [2.24, 2.45) is 11.3 Å². The molecule has 3 heteroatoms. The molecule has 0 bridgehead atoms. The highest BCUT2D eigenvalue weighted by atomic mass is 28.4. The maximum absolute atomic E-state index is 11.6. The fraction of sp³-hybridized carbons (Fsp3) is 0.933. The third-order valence-corrected chi connectivity index (χ3v) is 10.1. The SMILES string of the molecule is CC(C)(C)[Si](C)(C)O[C@@H]1C[C@@H]2CC(=O)C[C@]2(C)C1. The van der Waals surface area contributed by atoms with E-state index in [2.05, 4.69) is 40.8 Å². The topological polar surface area (TPSA) is 26.3 Å². The molecule has 2 aliphatic rings. The third kappa shape index (κ3) is 2.44. The molecule has 0 aromatic rings. The number of hydrogen-bond acceptors (Lipinski definition) is 2. The molecule has 0 aliphatic heterocycles. The van der Waals surface area contributed by atoms with Gasteiger partial charge in [-0.15, -0.1) is 0 Å². The molecule has 0 heterocycles. The second-order valence-corrected chi connectivity index (χ2v) is 13.0. The van der Waals surface area contributed by atoms with E-state index >= 15 is 0 Å². The highest BCUT2D eigenvalue weighted by Crippen LogP contribution is 2.54. The normalized spacial score (nSPS) is 37.1. The fourth-order valence-corrected chi connectivity index (χ4v) is 4.77. The lowest BCUT2D eigenvalue weighted by Crippen LogP contribution is -2.43. The number of hydrogen-bond donors (Lipinski definition) is 0. The fourth-order valence-electron chi connectivity index (χ4n) is 3.40. The van der Waals surface area contributed by atoms with E-state index < -0.39 is 8.32 Å². The van der Waals surface area contributed by atoms with Gasteiger partial charge in [0.25, 0.3) is 0 Å². The Labute approximate surface area is 113 Å². The van der Waals surface area contributed by atoms with Crippen LogP contribution in [0.15, 0.2) is 0 Å². The van der Waals surface area contributed by atoms with Crippen molar-refractivity contribution in [2.45, 2.75) is 77.6 Å². The molecule has 0 aromatic heterocycles. The van der Waals surface area contributed by atoms with Crippen LogP contribution >= 0.6 is 0 Å². The number of carbonyl (C=O) groups excluding carboxylic acids is 1. The Hall–Kier alpha value is -0.153. The Balaban J connectivity index is 2.02. The Kier molecular flexibility index (Phi) is 3.30. The van der Waals surface area contributed by atoms with Crippen LogP contribution in [-0.2, 0) is 9.22 Å². The minimum absolute atomic E-state index is 0.240. The Morgan fingerprint density at radius 3 is 2.44 bits per heavy atom. The molecule has 18 heavy (non-hydrogen) atoms. The number of rotatable bonds is 2. The van der Waals surface area contributed by atoms with Gasteiger partial charge >= 0.3 is 0 Å². The van der Waals surface area contributed by atoms with E-state index in [0.717, 1.165) is 25.7 Å². The quantitative estimate of drug-likeness (QED) is 0.703. The first-order valence-corrected chi connectivity index (χ1v) is 10.1. The van der Waals surface area contributed by atoms with Gasteiger partial charge in [-0.25, -0.2) is 0 Å². The van der Waals surface area contributed by atoms with Gasteiger partial charge in [-0.05, 0) is 42.3 Å². The van der Waals surface area contributed by atoms with Crippen molar-refractivity contribution < 1.29 is 9.22 Å². The molecule has 3 atom stereocenters. The summed E-state index contributed by atoms with van der Waals surface area (Å²) in [4.78, 5) is 11.6. The van der Waals surface area contributed by atoms with Crippen LogP contribution in [0.5, 0.6) is 0 Å². The van der Waals surface area contributed by atoms with E-state index in [1.807, 2.05) is 0 Å². The van der Waals surface area contributed by atoms with E-state index in [0.29, 0.717) is 17.8 Å². The van der Waals surface area contributed by atoms with Gasteiger partial charge in [0.15, 0.2) is 8.32 Å². The minimum atomic E-state index is -1.65. The van der Waals surface area contributed by atoms with E-state index in [1.165, 1.54) is 0 Å². The van der Waals surface area contributed by atoms with E-state index in [1.54, 1.807) is 0 Å². The molecule has 2 aliphatic carbocycles. The number of Topliss-reactive ketones (excluding diaryl/α,β-unsaturated/α-hetero) is 1. The smallest absolute Gasteiger partial charge is 0.192 e. The summed E-state index contributed by atoms with van der Waals surface area (Å²) < 4.78 is 6.53. The summed E-state index contributed by atoms with van der Waals surface area (Å²) in [5.41, 5.74) is 0.240. The maximum Gasteiger partial charge on any atom is 0.192 e. The second kappa shape index (κ2) is 4.17. The van der Waals surface area contributed by atoms with Crippen molar-refractivity contribution >= 4 is 14.1 Å². The molecule has 2 fully saturated rings. The molecule has 0 aromatic carbocycles. The lowest BCUT2D eigenvalue weighted by atomic mass is 9.83. The van der Waals surface area contributed by atoms with E-state index in [-0.39, 0.29) is 10.5 Å². The molecule has 0 N–H and O–H groups in total. The van der Waals surface area contributed by atoms with Gasteiger partial charge in [-0.3, -0.25) is 4.79 Å². The van der Waals surface area contributed by atoms with Crippen molar-refractivity contribution in [3.8, 4) is 0 Å². The molecular weight excluding hydrogens is 240 g/mol. The molecular formula is C15H28O2Si. The van der Waals surface area contributed by atoms with E-state index in [9.17, 15) is 4.79 Å². The lowest BCUT2D eigenvalue weighted by Gasteiger charge is -2.38. The van der Waals surface area contributed by atoms with Crippen molar-refractivity contribution in [1.29, 1.82) is 0 Å². The first-order valence-electron chi connectivity index (χ1n) is 7.23. The number of carbonyl (C=O) groups is 1. The summed E-state index contributed by atoms with van der Waals surface area (Å²) in [6, 6.07) is 0. The Morgan fingerprint density at radius 1 is 1.33 bits per heavy atom. The van der Waals surface area contributed by atoms with Crippen LogP contribution in [0.25, 0.3) is 0 Å². The maximum atomic E-state index is 11.6. The van der Waals surface area contributed by atoms with Gasteiger partial charge in [-0.1, -0.05) is 27.7 Å². The van der Waals surface area contributed by atoms with Crippen LogP contribution in [-0.4, -0.2) is 20.2 Å². The zero-order valence-electron chi connectivity index (χ0n) is 12.8. The summed E-state index contributed by atoms with van der Waals surface area (Å²) in [6.07, 6.45) is 4.18. The first-order chi connectivity index (χ1) is 8.03. The van der Waals surface area contributed by atoms with Crippen molar-refractivity contribution in [1.82, 2.24) is 0 Å². The molecule has 2 rings (SSSR count). The molecule has 0 unspecified atom stereocenters. The van der Waals surface area contributed by atoms with Crippen molar-refractivity contribution in [3.05, 3.63) is 0 Å². The van der Waals surface area contributed by atoms with Crippen LogP contribution in [0.1, 0.15) is 53.4 Å². The van der Waals surface area contributed by atoms with Crippen molar-refractivity contribution in [3.63, 3.8) is 0 Å². The van der Waals surface area contributed by atoms with Gasteiger partial charge in [0.1, 0.15) is 5.78 Å². The molecule has 2 saturated carbocycles. The standard InChI is InChI=1S/C15H28O2Si/c1-14(2,3)18(5,6)17-13-8-11-7-12(16)9-15(11,4)10-13/h11,13H,7-10H2,1-6H3/t11-,13+,15+/m0/s1. The molecule has 0 saturated heterocycles. The Morgan fingerprint density at radius 2 is 1.94 bits per heavy atom. The van der Waals surface area contributed by atoms with Gasteiger partial charge in [-0.2, -0.15) is 0 Å². The molecule has 0 spiro atoms. The lowest BCUT2D eigenvalue weighted by molar-refractivity contribution is -0.118. The van der Waals surface area contributed by atoms with Crippen LogP contribution in [0.4, 0.5) is 0 Å². The van der Waals surface area contributed by atoms with Gasteiger partial charge in [0.05, 0.1) is 0 Å². The molecule has 2 nitrogen and oxygen atoms in total. The van der Waals surface area contributed by atoms with Crippen molar-refractivity contribution in [2.75, 3.05) is 0 Å². The van der Waals surface area contributed by atoms with Gasteiger partial charge in [0.2, 0.25) is 0 Å². The predicted molar refractivity (Wildman–Crippen MR) is 77.1 cm³/mol. The van der Waals surface area contributed by atoms with E-state index in [4.69, 9.17) is 4.43 Å². The highest BCUT2D eigenvalue weighted by Gasteiger charge is 2.52. The number of fused-ring (bicyclic) bond motifs is 1. The van der Waals surface area contributed by atoms with Crippen LogP contribution < -0.4 is 0 Å².